The number of aliphatic hydroxyl groups excluding tert-OH is 8. The van der Waals surface area contributed by atoms with Gasteiger partial charge in [-0.1, -0.05) is 247 Å². The Morgan fingerprint density at radius 1 is 0.457 bits per heavy atom. The fraction of sp³-hybridized carbons (Fsp3) is 0.806. The van der Waals surface area contributed by atoms with Gasteiger partial charge in [0.15, 0.2) is 12.6 Å². The summed E-state index contributed by atoms with van der Waals surface area (Å²) in [7, 11) is 0. The number of ether oxygens (including phenoxy) is 4. The van der Waals surface area contributed by atoms with E-state index >= 15 is 0 Å². The summed E-state index contributed by atoms with van der Waals surface area (Å²) in [4.78, 5) is 13.3. The Hall–Kier alpha value is -2.57. The Labute approximate surface area is 491 Å². The first-order valence-corrected chi connectivity index (χ1v) is 32.7. The monoisotopic (exact) mass is 1150 g/mol. The van der Waals surface area contributed by atoms with E-state index in [2.05, 4.69) is 79.9 Å². The molecular formula is C67H119NO13. The Kier molecular flexibility index (Phi) is 47.7. The number of nitrogens with one attached hydrogen (secondary N) is 1. The molecular weight excluding hydrogens is 1030 g/mol. The quantitative estimate of drug-likeness (QED) is 0.0204. The second kappa shape index (κ2) is 51.8. The lowest BCUT2D eigenvalue weighted by Gasteiger charge is -2.46. The van der Waals surface area contributed by atoms with Crippen molar-refractivity contribution in [1.29, 1.82) is 0 Å². The van der Waals surface area contributed by atoms with Crippen molar-refractivity contribution in [2.24, 2.45) is 0 Å². The molecule has 0 aromatic rings. The third-order valence-electron chi connectivity index (χ3n) is 15.6. The van der Waals surface area contributed by atoms with Crippen LogP contribution in [0.2, 0.25) is 0 Å². The maximum absolute atomic E-state index is 13.3. The molecule has 12 unspecified atom stereocenters. The summed E-state index contributed by atoms with van der Waals surface area (Å²) in [6.45, 7) is 2.68. The highest BCUT2D eigenvalue weighted by atomic mass is 16.7. The Morgan fingerprint density at radius 2 is 0.864 bits per heavy atom. The zero-order chi connectivity index (χ0) is 58.8. The van der Waals surface area contributed by atoms with E-state index in [0.717, 1.165) is 57.8 Å². The van der Waals surface area contributed by atoms with Crippen molar-refractivity contribution in [3.05, 3.63) is 72.9 Å². The van der Waals surface area contributed by atoms with Crippen LogP contribution >= 0.6 is 0 Å². The number of rotatable bonds is 52. The number of amides is 1. The van der Waals surface area contributed by atoms with Crippen LogP contribution < -0.4 is 5.32 Å². The molecule has 1 amide bonds. The summed E-state index contributed by atoms with van der Waals surface area (Å²) < 4.78 is 22.8. The number of carbonyl (C=O) groups is 1. The maximum atomic E-state index is 13.3. The first-order valence-electron chi connectivity index (χ1n) is 32.7. The molecule has 2 aliphatic rings. The largest absolute Gasteiger partial charge is 0.394 e. The molecule has 9 N–H and O–H groups in total. The molecule has 0 aromatic carbocycles. The van der Waals surface area contributed by atoms with Crippen molar-refractivity contribution in [3.63, 3.8) is 0 Å². The summed E-state index contributed by atoms with van der Waals surface area (Å²) in [6.07, 6.45) is 52.3. The maximum Gasteiger partial charge on any atom is 0.220 e. The normalized spacial score (nSPS) is 24.6. The second-order valence-corrected chi connectivity index (χ2v) is 22.9. The predicted octanol–water partition coefficient (Wildman–Crippen LogP) is 12.3. The minimum atomic E-state index is -1.79. The van der Waals surface area contributed by atoms with Crippen LogP contribution in [0.4, 0.5) is 0 Å². The minimum absolute atomic E-state index is 0.249. The van der Waals surface area contributed by atoms with Crippen LogP contribution in [0.1, 0.15) is 251 Å². The average Bonchev–Trinajstić information content (AvgIpc) is 3.47. The van der Waals surface area contributed by atoms with Crippen molar-refractivity contribution in [2.75, 3.05) is 19.8 Å². The van der Waals surface area contributed by atoms with Crippen molar-refractivity contribution < 1.29 is 64.6 Å². The third kappa shape index (κ3) is 36.8. The summed E-state index contributed by atoms with van der Waals surface area (Å²) >= 11 is 0. The number of unbranched alkanes of at least 4 members (excludes halogenated alkanes) is 29. The standard InChI is InChI=1S/C67H119NO13/c1-3-5-7-9-11-13-15-17-19-21-23-24-25-26-27-28-29-30-31-32-33-35-37-39-41-43-45-47-49-51-59(72)68-55(56(71)50-48-46-44-42-40-38-36-34-22-20-18-16-14-12-10-8-6-4-2)54-78-66-64(77)62(75)65(58(53-70)80-66)81-67-63(76)61(74)60(73)57(52-69)79-67/h5,7,11,13,17,19,23-24,40,42,48,50,55-58,60-67,69-71,73-77H,3-4,6,8-10,12,14-16,18,20-22,25-39,41,43-47,49,51-54H2,1-2H3,(H,68,72)/b7-5-,13-11-,19-17-,24-23-,42-40+,50-48+. The molecule has 2 aliphatic heterocycles. The van der Waals surface area contributed by atoms with Gasteiger partial charge in [-0.2, -0.15) is 0 Å². The summed E-state index contributed by atoms with van der Waals surface area (Å²) in [6, 6.07) is -0.934. The van der Waals surface area contributed by atoms with Gasteiger partial charge >= 0.3 is 0 Å². The van der Waals surface area contributed by atoms with E-state index in [1.807, 2.05) is 6.08 Å². The van der Waals surface area contributed by atoms with Gasteiger partial charge in [0.2, 0.25) is 5.91 Å². The molecule has 12 atom stereocenters. The van der Waals surface area contributed by atoms with Crippen molar-refractivity contribution in [2.45, 2.75) is 325 Å². The van der Waals surface area contributed by atoms with Crippen LogP contribution in [0.15, 0.2) is 72.9 Å². The van der Waals surface area contributed by atoms with Crippen LogP contribution in [0.25, 0.3) is 0 Å². The first-order chi connectivity index (χ1) is 39.6. The molecule has 0 spiro atoms. The number of hydrogen-bond donors (Lipinski definition) is 9. The molecule has 2 rings (SSSR count). The molecule has 470 valence electrons. The van der Waals surface area contributed by atoms with E-state index in [-0.39, 0.29) is 18.9 Å². The summed E-state index contributed by atoms with van der Waals surface area (Å²) in [5.74, 6) is -0.249. The van der Waals surface area contributed by atoms with Crippen LogP contribution in [0.3, 0.4) is 0 Å². The van der Waals surface area contributed by atoms with Gasteiger partial charge in [0.05, 0.1) is 32.0 Å². The Morgan fingerprint density at radius 3 is 1.36 bits per heavy atom. The Bertz CT molecular complexity index is 1630. The third-order valence-corrected chi connectivity index (χ3v) is 15.6. The molecule has 14 nitrogen and oxygen atoms in total. The number of allylic oxidation sites excluding steroid dienone is 11. The molecule has 2 fully saturated rings. The van der Waals surface area contributed by atoms with Crippen molar-refractivity contribution in [3.8, 4) is 0 Å². The second-order valence-electron chi connectivity index (χ2n) is 22.9. The molecule has 14 heteroatoms. The van der Waals surface area contributed by atoms with Gasteiger partial charge < -0.3 is 65.1 Å². The predicted molar refractivity (Wildman–Crippen MR) is 327 cm³/mol. The topological polar surface area (TPSA) is 228 Å². The van der Waals surface area contributed by atoms with Crippen molar-refractivity contribution in [1.82, 2.24) is 5.32 Å². The lowest BCUT2D eigenvalue weighted by molar-refractivity contribution is -0.359. The first kappa shape index (κ1) is 74.5. The van der Waals surface area contributed by atoms with E-state index in [1.165, 1.54) is 161 Å². The van der Waals surface area contributed by atoms with Gasteiger partial charge in [-0.3, -0.25) is 4.79 Å². The smallest absolute Gasteiger partial charge is 0.220 e. The molecule has 2 heterocycles. The average molecular weight is 1150 g/mol. The zero-order valence-corrected chi connectivity index (χ0v) is 50.8. The number of hydrogen-bond acceptors (Lipinski definition) is 13. The molecule has 81 heavy (non-hydrogen) atoms. The van der Waals surface area contributed by atoms with Crippen LogP contribution in [-0.4, -0.2) is 140 Å². The van der Waals surface area contributed by atoms with Gasteiger partial charge in [0, 0.05) is 6.42 Å². The van der Waals surface area contributed by atoms with Crippen molar-refractivity contribution >= 4 is 5.91 Å². The fourth-order valence-electron chi connectivity index (χ4n) is 10.4. The SMILES string of the molecule is CC/C=C\C/C=C\C/C=C\C/C=C\CCCCCCCCCCCCCCCCCCC(=O)NC(COC1OC(CO)C(OC2OC(CO)C(O)C(O)C2O)C(O)C1O)C(O)/C=C/CC/C=C/CCCCCCCCCCCCCC. The van der Waals surface area contributed by atoms with Crippen LogP contribution in [-0.2, 0) is 23.7 Å². The van der Waals surface area contributed by atoms with Gasteiger partial charge in [0.1, 0.15) is 48.8 Å². The minimum Gasteiger partial charge on any atom is -0.394 e. The van der Waals surface area contributed by atoms with Gasteiger partial charge in [0.25, 0.3) is 0 Å². The zero-order valence-electron chi connectivity index (χ0n) is 50.8. The highest BCUT2D eigenvalue weighted by molar-refractivity contribution is 5.76. The van der Waals surface area contributed by atoms with Crippen LogP contribution in [0, 0.1) is 0 Å². The van der Waals surface area contributed by atoms with E-state index < -0.39 is 86.8 Å². The molecule has 0 radical (unpaired) electrons. The fourth-order valence-corrected chi connectivity index (χ4v) is 10.4. The number of aliphatic hydroxyl groups is 8. The molecule has 0 aliphatic carbocycles. The van der Waals surface area contributed by atoms with Gasteiger partial charge in [-0.05, 0) is 70.6 Å². The Balaban J connectivity index is 1.70. The van der Waals surface area contributed by atoms with E-state index in [4.69, 9.17) is 18.9 Å². The van der Waals surface area contributed by atoms with E-state index in [9.17, 15) is 45.6 Å². The highest BCUT2D eigenvalue weighted by Gasteiger charge is 2.51. The van der Waals surface area contributed by atoms with Gasteiger partial charge in [-0.15, -0.1) is 0 Å². The highest BCUT2D eigenvalue weighted by Crippen LogP contribution is 2.30. The summed E-state index contributed by atoms with van der Waals surface area (Å²) in [5.41, 5.74) is 0. The molecule has 2 saturated heterocycles. The number of carbonyl (C=O) groups excluding carboxylic acids is 1. The lowest BCUT2D eigenvalue weighted by atomic mass is 9.97. The van der Waals surface area contributed by atoms with Crippen LogP contribution in [0.5, 0.6) is 0 Å². The molecule has 0 bridgehead atoms. The molecule has 0 aromatic heterocycles. The van der Waals surface area contributed by atoms with E-state index in [1.54, 1.807) is 6.08 Å². The van der Waals surface area contributed by atoms with Gasteiger partial charge in [-0.25, -0.2) is 0 Å². The summed E-state index contributed by atoms with van der Waals surface area (Å²) in [5, 5.41) is 87.2. The van der Waals surface area contributed by atoms with E-state index in [0.29, 0.717) is 12.8 Å². The molecule has 0 saturated carbocycles. The lowest BCUT2D eigenvalue weighted by Crippen LogP contribution is -2.65.